The molecule has 2 aliphatic heterocycles. The van der Waals surface area contributed by atoms with Crippen LogP contribution in [0.1, 0.15) is 17.8 Å². The van der Waals surface area contributed by atoms with E-state index in [0.29, 0.717) is 13.0 Å². The Kier molecular flexibility index (Phi) is 3.21. The number of nitrogens with zero attached hydrogens (tertiary/aromatic N) is 2. The van der Waals surface area contributed by atoms with Crippen LogP contribution in [0.25, 0.3) is 0 Å². The number of nitrogens with one attached hydrogen (secondary N) is 1. The van der Waals surface area contributed by atoms with Crippen LogP contribution < -0.4 is 14.8 Å². The number of aryl methyl sites for hydroxylation is 1. The van der Waals surface area contributed by atoms with Crippen molar-refractivity contribution in [1.82, 2.24) is 14.9 Å². The van der Waals surface area contributed by atoms with Gasteiger partial charge < -0.3 is 19.4 Å². The summed E-state index contributed by atoms with van der Waals surface area (Å²) in [6, 6.07) is 5.73. The Morgan fingerprint density at radius 1 is 1.36 bits per heavy atom. The maximum Gasteiger partial charge on any atom is 0.231 e. The summed E-state index contributed by atoms with van der Waals surface area (Å²) in [5.41, 5.74) is 1.01. The molecule has 2 aliphatic rings. The second kappa shape index (κ2) is 5.36. The Bertz CT molecular complexity index is 710. The minimum Gasteiger partial charge on any atom is -0.454 e. The normalized spacial score (nSPS) is 18.8. The van der Waals surface area contributed by atoms with Crippen LogP contribution in [0.4, 0.5) is 0 Å². The predicted octanol–water partition coefficient (Wildman–Crippen LogP) is 1.49. The fourth-order valence-corrected chi connectivity index (χ4v) is 2.96. The molecule has 0 fully saturated rings. The van der Waals surface area contributed by atoms with Crippen LogP contribution in [-0.2, 0) is 24.3 Å². The van der Waals surface area contributed by atoms with Crippen molar-refractivity contribution in [3.8, 4) is 11.5 Å². The van der Waals surface area contributed by atoms with Crippen molar-refractivity contribution in [3.63, 3.8) is 0 Å². The summed E-state index contributed by atoms with van der Waals surface area (Å²) in [5.74, 6) is 2.59. The molecule has 3 heterocycles. The molecule has 0 saturated carbocycles. The summed E-state index contributed by atoms with van der Waals surface area (Å²) in [4.78, 5) is 16.6. The highest BCUT2D eigenvalue weighted by Crippen LogP contribution is 2.32. The van der Waals surface area contributed by atoms with E-state index in [4.69, 9.17) is 9.47 Å². The SMILES string of the molecule is O=C(NCc1ccc2c(c1)OCO2)C1CCn2ccnc2C1. The van der Waals surface area contributed by atoms with E-state index in [0.717, 1.165) is 35.9 Å². The van der Waals surface area contributed by atoms with E-state index < -0.39 is 0 Å². The van der Waals surface area contributed by atoms with Gasteiger partial charge in [0.25, 0.3) is 0 Å². The van der Waals surface area contributed by atoms with E-state index in [1.807, 2.05) is 24.4 Å². The Labute approximate surface area is 128 Å². The average molecular weight is 299 g/mol. The van der Waals surface area contributed by atoms with E-state index in [2.05, 4.69) is 14.9 Å². The molecule has 0 bridgehead atoms. The van der Waals surface area contributed by atoms with Gasteiger partial charge in [0.2, 0.25) is 12.7 Å². The van der Waals surface area contributed by atoms with Crippen molar-refractivity contribution in [2.45, 2.75) is 25.9 Å². The maximum absolute atomic E-state index is 12.3. The average Bonchev–Trinajstić information content (AvgIpc) is 3.19. The number of imidazole rings is 1. The first-order chi connectivity index (χ1) is 10.8. The molecule has 1 aromatic carbocycles. The molecule has 1 unspecified atom stereocenters. The second-order valence-corrected chi connectivity index (χ2v) is 5.63. The Morgan fingerprint density at radius 2 is 2.27 bits per heavy atom. The molecule has 1 aromatic heterocycles. The molecule has 114 valence electrons. The van der Waals surface area contributed by atoms with Gasteiger partial charge in [0.15, 0.2) is 11.5 Å². The lowest BCUT2D eigenvalue weighted by atomic mass is 9.97. The van der Waals surface area contributed by atoms with E-state index in [9.17, 15) is 4.79 Å². The number of aromatic nitrogens is 2. The van der Waals surface area contributed by atoms with Crippen LogP contribution in [0.2, 0.25) is 0 Å². The van der Waals surface area contributed by atoms with E-state index >= 15 is 0 Å². The summed E-state index contributed by atoms with van der Waals surface area (Å²) < 4.78 is 12.7. The number of amides is 1. The number of carbonyl (C=O) groups excluding carboxylic acids is 1. The number of ether oxygens (including phenoxy) is 2. The van der Waals surface area contributed by atoms with E-state index in [1.165, 1.54) is 0 Å². The second-order valence-electron chi connectivity index (χ2n) is 5.63. The number of hydrogen-bond donors (Lipinski definition) is 1. The molecule has 1 N–H and O–H groups in total. The van der Waals surface area contributed by atoms with Crippen molar-refractivity contribution >= 4 is 5.91 Å². The van der Waals surface area contributed by atoms with Crippen molar-refractivity contribution in [2.24, 2.45) is 5.92 Å². The molecule has 6 heteroatoms. The maximum atomic E-state index is 12.3. The Balaban J connectivity index is 1.37. The molecular formula is C16H17N3O3. The first kappa shape index (κ1) is 13.2. The zero-order valence-corrected chi connectivity index (χ0v) is 12.1. The summed E-state index contributed by atoms with van der Waals surface area (Å²) in [7, 11) is 0. The first-order valence-corrected chi connectivity index (χ1v) is 7.46. The Hall–Kier alpha value is -2.50. The molecule has 0 spiro atoms. The van der Waals surface area contributed by atoms with Gasteiger partial charge in [-0.1, -0.05) is 6.07 Å². The zero-order chi connectivity index (χ0) is 14.9. The molecule has 1 amide bonds. The number of fused-ring (bicyclic) bond motifs is 2. The van der Waals surface area contributed by atoms with E-state index in [1.54, 1.807) is 6.20 Å². The molecule has 0 aliphatic carbocycles. The standard InChI is InChI=1S/C16H17N3O3/c20-16(12-3-5-19-6-4-17-15(19)8-12)18-9-11-1-2-13-14(7-11)22-10-21-13/h1-2,4,6-7,12H,3,5,8-10H2,(H,18,20). The van der Waals surface area contributed by atoms with Crippen LogP contribution in [-0.4, -0.2) is 22.3 Å². The van der Waals surface area contributed by atoms with Gasteiger partial charge >= 0.3 is 0 Å². The van der Waals surface area contributed by atoms with Gasteiger partial charge in [-0.25, -0.2) is 4.98 Å². The minimum absolute atomic E-state index is 0.00362. The third kappa shape index (κ3) is 2.41. The van der Waals surface area contributed by atoms with Crippen molar-refractivity contribution in [1.29, 1.82) is 0 Å². The van der Waals surface area contributed by atoms with Crippen molar-refractivity contribution < 1.29 is 14.3 Å². The smallest absolute Gasteiger partial charge is 0.231 e. The van der Waals surface area contributed by atoms with Gasteiger partial charge in [0.05, 0.1) is 0 Å². The largest absolute Gasteiger partial charge is 0.454 e. The van der Waals surface area contributed by atoms with Crippen LogP contribution in [0.3, 0.4) is 0 Å². The topological polar surface area (TPSA) is 65.4 Å². The van der Waals surface area contributed by atoms with Gasteiger partial charge in [0.1, 0.15) is 5.82 Å². The van der Waals surface area contributed by atoms with Gasteiger partial charge in [0, 0.05) is 37.8 Å². The van der Waals surface area contributed by atoms with Crippen molar-refractivity contribution in [3.05, 3.63) is 42.0 Å². The first-order valence-electron chi connectivity index (χ1n) is 7.46. The molecule has 6 nitrogen and oxygen atoms in total. The van der Waals surface area contributed by atoms with Gasteiger partial charge in [-0.3, -0.25) is 4.79 Å². The highest BCUT2D eigenvalue weighted by atomic mass is 16.7. The van der Waals surface area contributed by atoms with Crippen molar-refractivity contribution in [2.75, 3.05) is 6.79 Å². The number of benzene rings is 1. The fourth-order valence-electron chi connectivity index (χ4n) is 2.96. The molecule has 22 heavy (non-hydrogen) atoms. The van der Waals surface area contributed by atoms with Crippen LogP contribution >= 0.6 is 0 Å². The number of hydrogen-bond acceptors (Lipinski definition) is 4. The fraction of sp³-hybridized carbons (Fsp3) is 0.375. The summed E-state index contributed by atoms with van der Waals surface area (Å²) >= 11 is 0. The van der Waals surface area contributed by atoms with Crippen LogP contribution in [0.15, 0.2) is 30.6 Å². The third-order valence-corrected chi connectivity index (χ3v) is 4.22. The quantitative estimate of drug-likeness (QED) is 0.932. The monoisotopic (exact) mass is 299 g/mol. The van der Waals surface area contributed by atoms with Gasteiger partial charge in [-0.05, 0) is 24.1 Å². The summed E-state index contributed by atoms with van der Waals surface area (Å²) in [5, 5.41) is 3.01. The number of rotatable bonds is 3. The molecule has 4 rings (SSSR count). The molecule has 2 aromatic rings. The lowest BCUT2D eigenvalue weighted by Crippen LogP contribution is -2.35. The highest BCUT2D eigenvalue weighted by molar-refractivity contribution is 5.79. The molecule has 0 saturated heterocycles. The lowest BCUT2D eigenvalue weighted by molar-refractivity contribution is -0.125. The van der Waals surface area contributed by atoms with Crippen LogP contribution in [0, 0.1) is 5.92 Å². The van der Waals surface area contributed by atoms with Gasteiger partial charge in [-0.2, -0.15) is 0 Å². The number of carbonyl (C=O) groups is 1. The third-order valence-electron chi connectivity index (χ3n) is 4.22. The minimum atomic E-state index is 0.00362. The summed E-state index contributed by atoms with van der Waals surface area (Å²) in [6.07, 6.45) is 5.33. The van der Waals surface area contributed by atoms with E-state index in [-0.39, 0.29) is 18.6 Å². The highest BCUT2D eigenvalue weighted by Gasteiger charge is 2.25. The molecule has 0 radical (unpaired) electrons. The zero-order valence-electron chi connectivity index (χ0n) is 12.1. The predicted molar refractivity (Wildman–Crippen MR) is 78.4 cm³/mol. The Morgan fingerprint density at radius 3 is 3.23 bits per heavy atom. The lowest BCUT2D eigenvalue weighted by Gasteiger charge is -2.22. The van der Waals surface area contributed by atoms with Crippen LogP contribution in [0.5, 0.6) is 11.5 Å². The molecular weight excluding hydrogens is 282 g/mol. The molecule has 1 atom stereocenters. The summed E-state index contributed by atoms with van der Waals surface area (Å²) in [6.45, 7) is 1.62. The van der Waals surface area contributed by atoms with Gasteiger partial charge in [-0.15, -0.1) is 0 Å².